The first-order valence-electron chi connectivity index (χ1n) is 8.01. The Morgan fingerprint density at radius 3 is 1.92 bits per heavy atom. The van der Waals surface area contributed by atoms with Crippen molar-refractivity contribution < 1.29 is 9.59 Å². The standard InChI is InChI=1S/C22H12Cl2O2/c23-21(25)19-12-18(15-11-5-7-13-6-1-2-8-14(13)15)16-9-3-4-10-17(16)20(19)22(24)26/h1-12H. The van der Waals surface area contributed by atoms with E-state index in [0.717, 1.165) is 27.3 Å². The van der Waals surface area contributed by atoms with Gasteiger partial charge in [-0.3, -0.25) is 9.59 Å². The van der Waals surface area contributed by atoms with Crippen molar-refractivity contribution >= 4 is 55.2 Å². The summed E-state index contributed by atoms with van der Waals surface area (Å²) in [5, 5.41) is 2.19. The van der Waals surface area contributed by atoms with E-state index in [1.54, 1.807) is 18.2 Å². The Morgan fingerprint density at radius 2 is 1.23 bits per heavy atom. The van der Waals surface area contributed by atoms with Crippen molar-refractivity contribution in [3.63, 3.8) is 0 Å². The smallest absolute Gasteiger partial charge is 0.253 e. The maximum Gasteiger partial charge on any atom is 0.253 e. The Balaban J connectivity index is 2.19. The normalized spacial score (nSPS) is 11.0. The second kappa shape index (κ2) is 6.56. The molecule has 0 aliphatic rings. The van der Waals surface area contributed by atoms with E-state index >= 15 is 0 Å². The molecule has 0 bridgehead atoms. The molecule has 4 aromatic carbocycles. The third-order valence-electron chi connectivity index (χ3n) is 4.53. The maximum absolute atomic E-state index is 12.0. The Morgan fingerprint density at radius 1 is 0.615 bits per heavy atom. The summed E-state index contributed by atoms with van der Waals surface area (Å²) >= 11 is 11.6. The highest BCUT2D eigenvalue weighted by Crippen LogP contribution is 2.37. The molecule has 4 aromatic rings. The molecule has 0 fully saturated rings. The van der Waals surface area contributed by atoms with Crippen molar-refractivity contribution in [2.24, 2.45) is 0 Å². The Labute approximate surface area is 160 Å². The van der Waals surface area contributed by atoms with Gasteiger partial charge in [-0.1, -0.05) is 66.7 Å². The van der Waals surface area contributed by atoms with E-state index < -0.39 is 10.5 Å². The van der Waals surface area contributed by atoms with Crippen LogP contribution in [0.25, 0.3) is 32.7 Å². The van der Waals surface area contributed by atoms with Crippen molar-refractivity contribution in [2.45, 2.75) is 0 Å². The zero-order valence-corrected chi connectivity index (χ0v) is 15.0. The average molecular weight is 379 g/mol. The topological polar surface area (TPSA) is 34.1 Å². The van der Waals surface area contributed by atoms with Crippen LogP contribution in [0.15, 0.2) is 72.8 Å². The van der Waals surface area contributed by atoms with Gasteiger partial charge >= 0.3 is 0 Å². The number of carbonyl (C=O) groups excluding carboxylic acids is 2. The van der Waals surface area contributed by atoms with Crippen LogP contribution in [-0.4, -0.2) is 10.5 Å². The van der Waals surface area contributed by atoms with Crippen molar-refractivity contribution in [1.29, 1.82) is 0 Å². The van der Waals surface area contributed by atoms with Crippen LogP contribution in [0, 0.1) is 0 Å². The van der Waals surface area contributed by atoms with E-state index in [2.05, 4.69) is 0 Å². The molecule has 0 amide bonds. The number of fused-ring (bicyclic) bond motifs is 2. The fourth-order valence-corrected chi connectivity index (χ4v) is 3.78. The second-order valence-corrected chi connectivity index (χ2v) is 6.65. The predicted molar refractivity (Wildman–Crippen MR) is 107 cm³/mol. The highest BCUT2D eigenvalue weighted by Gasteiger charge is 2.21. The van der Waals surface area contributed by atoms with E-state index in [1.165, 1.54) is 0 Å². The first-order valence-corrected chi connectivity index (χ1v) is 8.77. The van der Waals surface area contributed by atoms with E-state index in [4.69, 9.17) is 23.2 Å². The zero-order chi connectivity index (χ0) is 18.3. The van der Waals surface area contributed by atoms with Crippen molar-refractivity contribution in [2.75, 3.05) is 0 Å². The van der Waals surface area contributed by atoms with Gasteiger partial charge in [-0.05, 0) is 61.9 Å². The van der Waals surface area contributed by atoms with Crippen LogP contribution < -0.4 is 0 Å². The van der Waals surface area contributed by atoms with Crippen molar-refractivity contribution in [3.05, 3.63) is 83.9 Å². The Kier molecular flexibility index (Phi) is 4.23. The molecule has 0 aromatic heterocycles. The molecular formula is C22H12Cl2O2. The van der Waals surface area contributed by atoms with Crippen LogP contribution in [0.4, 0.5) is 0 Å². The van der Waals surface area contributed by atoms with Gasteiger partial charge in [0, 0.05) is 5.56 Å². The summed E-state index contributed by atoms with van der Waals surface area (Å²) in [5.41, 5.74) is 2.06. The molecule has 4 rings (SSSR count). The van der Waals surface area contributed by atoms with Crippen LogP contribution >= 0.6 is 23.2 Å². The number of halogens is 2. The minimum atomic E-state index is -0.707. The monoisotopic (exact) mass is 378 g/mol. The van der Waals surface area contributed by atoms with Crippen LogP contribution in [-0.2, 0) is 0 Å². The lowest BCUT2D eigenvalue weighted by Crippen LogP contribution is -2.03. The molecule has 0 saturated heterocycles. The molecule has 0 aliphatic carbocycles. The number of hydrogen-bond acceptors (Lipinski definition) is 2. The van der Waals surface area contributed by atoms with Gasteiger partial charge in [0.1, 0.15) is 0 Å². The molecule has 0 N–H and O–H groups in total. The number of benzene rings is 4. The predicted octanol–water partition coefficient (Wildman–Crippen LogP) is 6.42. The summed E-state index contributed by atoms with van der Waals surface area (Å²) in [6.07, 6.45) is 0. The molecule has 4 heteroatoms. The summed E-state index contributed by atoms with van der Waals surface area (Å²) in [7, 11) is 0. The molecule has 0 saturated carbocycles. The van der Waals surface area contributed by atoms with E-state index in [0.29, 0.717) is 5.39 Å². The SMILES string of the molecule is O=C(Cl)c1cc(-c2cccc3ccccc23)c2ccccc2c1C(=O)Cl. The molecule has 0 aliphatic heterocycles. The van der Waals surface area contributed by atoms with Gasteiger partial charge in [-0.15, -0.1) is 0 Å². The van der Waals surface area contributed by atoms with Crippen LogP contribution in [0.5, 0.6) is 0 Å². The average Bonchev–Trinajstić information content (AvgIpc) is 2.66. The molecule has 2 nitrogen and oxygen atoms in total. The largest absolute Gasteiger partial charge is 0.276 e. The quantitative estimate of drug-likeness (QED) is 0.385. The first kappa shape index (κ1) is 16.8. The highest BCUT2D eigenvalue weighted by molar-refractivity contribution is 6.72. The van der Waals surface area contributed by atoms with Gasteiger partial charge in [0.05, 0.1) is 5.56 Å². The molecule has 0 atom stereocenters. The maximum atomic E-state index is 12.0. The Hall–Kier alpha value is -2.68. The molecular weight excluding hydrogens is 367 g/mol. The minimum Gasteiger partial charge on any atom is -0.276 e. The lowest BCUT2D eigenvalue weighted by molar-refractivity contribution is 0.105. The summed E-state index contributed by atoms with van der Waals surface area (Å²) < 4.78 is 0. The summed E-state index contributed by atoms with van der Waals surface area (Å²) in [4.78, 5) is 24.0. The highest BCUT2D eigenvalue weighted by atomic mass is 35.5. The summed E-state index contributed by atoms with van der Waals surface area (Å²) in [6, 6.07) is 23.1. The van der Waals surface area contributed by atoms with Crippen LogP contribution in [0.2, 0.25) is 0 Å². The lowest BCUT2D eigenvalue weighted by Gasteiger charge is -2.14. The Bertz CT molecular complexity index is 1190. The number of hydrogen-bond donors (Lipinski definition) is 0. The van der Waals surface area contributed by atoms with E-state index in [-0.39, 0.29) is 11.1 Å². The molecule has 0 unspecified atom stereocenters. The first-order chi connectivity index (χ1) is 12.6. The van der Waals surface area contributed by atoms with Gasteiger partial charge in [-0.25, -0.2) is 0 Å². The fourth-order valence-electron chi connectivity index (χ4n) is 3.43. The van der Waals surface area contributed by atoms with Crippen LogP contribution in [0.3, 0.4) is 0 Å². The summed E-state index contributed by atoms with van der Waals surface area (Å²) in [5.74, 6) is 0. The third-order valence-corrected chi connectivity index (χ3v) is 4.93. The molecule has 0 radical (unpaired) electrons. The van der Waals surface area contributed by atoms with Crippen molar-refractivity contribution in [3.8, 4) is 11.1 Å². The van der Waals surface area contributed by atoms with Gasteiger partial charge in [0.25, 0.3) is 10.5 Å². The molecule has 26 heavy (non-hydrogen) atoms. The number of carbonyl (C=O) groups is 2. The summed E-state index contributed by atoms with van der Waals surface area (Å²) in [6.45, 7) is 0. The second-order valence-electron chi connectivity index (χ2n) is 5.97. The van der Waals surface area contributed by atoms with Gasteiger partial charge in [0.15, 0.2) is 0 Å². The number of rotatable bonds is 3. The molecule has 126 valence electrons. The van der Waals surface area contributed by atoms with Gasteiger partial charge < -0.3 is 0 Å². The van der Waals surface area contributed by atoms with Crippen LogP contribution in [0.1, 0.15) is 20.7 Å². The zero-order valence-electron chi connectivity index (χ0n) is 13.5. The minimum absolute atomic E-state index is 0.119. The molecule has 0 spiro atoms. The molecule has 0 heterocycles. The van der Waals surface area contributed by atoms with E-state index in [1.807, 2.05) is 54.6 Å². The fraction of sp³-hybridized carbons (Fsp3) is 0. The lowest BCUT2D eigenvalue weighted by atomic mass is 9.89. The third kappa shape index (κ3) is 2.68. The van der Waals surface area contributed by atoms with Crippen molar-refractivity contribution in [1.82, 2.24) is 0 Å². The van der Waals surface area contributed by atoms with Gasteiger partial charge in [-0.2, -0.15) is 0 Å². The van der Waals surface area contributed by atoms with E-state index in [9.17, 15) is 9.59 Å². The van der Waals surface area contributed by atoms with Gasteiger partial charge in [0.2, 0.25) is 0 Å².